The number of carboxylic acid groups (broad SMARTS) is 1. The largest absolute Gasteiger partial charge is 0.481 e. The van der Waals surface area contributed by atoms with Crippen molar-refractivity contribution in [2.45, 2.75) is 77.2 Å². The number of aliphatic carboxylic acids is 1. The van der Waals surface area contributed by atoms with Crippen LogP contribution in [0.1, 0.15) is 71.6 Å². The molecule has 0 radical (unpaired) electrons. The minimum Gasteiger partial charge on any atom is -0.481 e. The minimum atomic E-state index is -0.953. The van der Waals surface area contributed by atoms with Crippen LogP contribution in [-0.4, -0.2) is 27.6 Å². The second kappa shape index (κ2) is 6.83. The standard InChI is InChI=1S/C24H34O4/c1-14-13-23(3)20(10-11-24(23,28)15(2)4-9-21(26)27)19-7-5-16-12-17(25)6-8-18(16)22(14)19/h12,14,18-20,22,28H,2,4-11,13H2,1,3H3,(H,26,27)/t14-,18-,19-,20-,22+,23-,24+/m0/s1. The van der Waals surface area contributed by atoms with Gasteiger partial charge < -0.3 is 10.2 Å². The molecule has 3 saturated carbocycles. The monoisotopic (exact) mass is 386 g/mol. The van der Waals surface area contributed by atoms with Gasteiger partial charge in [-0.2, -0.15) is 0 Å². The number of rotatable bonds is 4. The predicted molar refractivity (Wildman–Crippen MR) is 108 cm³/mol. The highest BCUT2D eigenvalue weighted by Gasteiger charge is 2.64. The first-order valence-corrected chi connectivity index (χ1v) is 11.0. The van der Waals surface area contributed by atoms with Crippen molar-refractivity contribution in [3.8, 4) is 0 Å². The Morgan fingerprint density at radius 2 is 2.00 bits per heavy atom. The first-order valence-electron chi connectivity index (χ1n) is 11.0. The van der Waals surface area contributed by atoms with Crippen molar-refractivity contribution in [2.75, 3.05) is 0 Å². The zero-order valence-corrected chi connectivity index (χ0v) is 17.2. The molecule has 0 heterocycles. The van der Waals surface area contributed by atoms with Crippen LogP contribution in [0.2, 0.25) is 0 Å². The van der Waals surface area contributed by atoms with Gasteiger partial charge in [0.25, 0.3) is 0 Å². The lowest BCUT2D eigenvalue weighted by molar-refractivity contribution is -0.137. The maximum Gasteiger partial charge on any atom is 0.303 e. The molecule has 0 aromatic rings. The number of allylic oxidation sites excluding steroid dienone is 1. The summed E-state index contributed by atoms with van der Waals surface area (Å²) in [4.78, 5) is 22.9. The number of hydrogen-bond donors (Lipinski definition) is 2. The smallest absolute Gasteiger partial charge is 0.303 e. The van der Waals surface area contributed by atoms with E-state index in [1.54, 1.807) is 0 Å². The van der Waals surface area contributed by atoms with Crippen LogP contribution >= 0.6 is 0 Å². The van der Waals surface area contributed by atoms with E-state index in [0.717, 1.165) is 32.1 Å². The van der Waals surface area contributed by atoms with Gasteiger partial charge in [-0.1, -0.05) is 26.0 Å². The Balaban J connectivity index is 1.61. The Labute approximate surface area is 168 Å². The predicted octanol–water partition coefficient (Wildman–Crippen LogP) is 4.53. The van der Waals surface area contributed by atoms with Gasteiger partial charge in [-0.25, -0.2) is 0 Å². The van der Waals surface area contributed by atoms with Gasteiger partial charge in [-0.3, -0.25) is 9.59 Å². The molecule has 0 saturated heterocycles. The number of fused-ring (bicyclic) bond motifs is 5. The van der Waals surface area contributed by atoms with E-state index < -0.39 is 11.6 Å². The lowest BCUT2D eigenvalue weighted by Gasteiger charge is -2.58. The quantitative estimate of drug-likeness (QED) is 0.696. The highest BCUT2D eigenvalue weighted by molar-refractivity contribution is 5.91. The van der Waals surface area contributed by atoms with E-state index in [1.165, 1.54) is 5.57 Å². The van der Waals surface area contributed by atoms with E-state index >= 15 is 0 Å². The van der Waals surface area contributed by atoms with Crippen molar-refractivity contribution in [3.05, 3.63) is 23.8 Å². The van der Waals surface area contributed by atoms with E-state index in [1.807, 2.05) is 6.08 Å². The molecule has 154 valence electrons. The summed E-state index contributed by atoms with van der Waals surface area (Å²) in [6.07, 6.45) is 8.80. The molecule has 2 N–H and O–H groups in total. The van der Waals surface area contributed by atoms with Crippen LogP contribution in [0.25, 0.3) is 0 Å². The summed E-state index contributed by atoms with van der Waals surface area (Å²) < 4.78 is 0. The minimum absolute atomic E-state index is 0.0355. The summed E-state index contributed by atoms with van der Waals surface area (Å²) in [5, 5.41) is 20.8. The Morgan fingerprint density at radius 3 is 2.71 bits per heavy atom. The van der Waals surface area contributed by atoms with E-state index in [4.69, 9.17) is 5.11 Å². The van der Waals surface area contributed by atoms with Crippen molar-refractivity contribution < 1.29 is 19.8 Å². The Kier molecular flexibility index (Phi) is 4.85. The fourth-order valence-corrected chi connectivity index (χ4v) is 7.81. The molecule has 0 aromatic carbocycles. The lowest BCUT2D eigenvalue weighted by Crippen LogP contribution is -2.55. The molecule has 4 aliphatic rings. The number of hydrogen-bond acceptors (Lipinski definition) is 3. The molecule has 0 spiro atoms. The van der Waals surface area contributed by atoms with E-state index in [0.29, 0.717) is 60.2 Å². The van der Waals surface area contributed by atoms with Crippen molar-refractivity contribution in [3.63, 3.8) is 0 Å². The molecular weight excluding hydrogens is 352 g/mol. The molecule has 0 amide bonds. The van der Waals surface area contributed by atoms with Crippen LogP contribution in [-0.2, 0) is 9.59 Å². The molecule has 0 bridgehead atoms. The van der Waals surface area contributed by atoms with Crippen molar-refractivity contribution in [1.29, 1.82) is 0 Å². The van der Waals surface area contributed by atoms with Gasteiger partial charge in [0.2, 0.25) is 0 Å². The van der Waals surface area contributed by atoms with Crippen LogP contribution in [0.4, 0.5) is 0 Å². The van der Waals surface area contributed by atoms with Crippen LogP contribution in [0.5, 0.6) is 0 Å². The summed E-state index contributed by atoms with van der Waals surface area (Å²) in [5.41, 5.74) is 0.914. The highest BCUT2D eigenvalue weighted by Crippen LogP contribution is 2.67. The number of carbonyl (C=O) groups excluding carboxylic acids is 1. The summed E-state index contributed by atoms with van der Waals surface area (Å²) >= 11 is 0. The first-order chi connectivity index (χ1) is 13.2. The van der Waals surface area contributed by atoms with Gasteiger partial charge in [0, 0.05) is 18.3 Å². The van der Waals surface area contributed by atoms with Crippen molar-refractivity contribution in [2.24, 2.45) is 35.0 Å². The summed E-state index contributed by atoms with van der Waals surface area (Å²) in [7, 11) is 0. The van der Waals surface area contributed by atoms with E-state index in [2.05, 4.69) is 20.4 Å². The average molecular weight is 387 g/mol. The van der Waals surface area contributed by atoms with Crippen molar-refractivity contribution in [1.82, 2.24) is 0 Å². The molecule has 0 aromatic heterocycles. The summed E-state index contributed by atoms with van der Waals surface area (Å²) in [5.74, 6) is 2.15. The van der Waals surface area contributed by atoms with E-state index in [9.17, 15) is 14.7 Å². The second-order valence-corrected chi connectivity index (χ2v) is 10.2. The zero-order valence-electron chi connectivity index (χ0n) is 17.2. The molecule has 0 aliphatic heterocycles. The zero-order chi connectivity index (χ0) is 20.3. The Bertz CT molecular complexity index is 737. The molecule has 7 atom stereocenters. The third-order valence-corrected chi connectivity index (χ3v) is 8.98. The first kappa shape index (κ1) is 19.9. The van der Waals surface area contributed by atoms with Gasteiger partial charge in [0.1, 0.15) is 0 Å². The molecular formula is C24H34O4. The number of carboxylic acids is 1. The van der Waals surface area contributed by atoms with Crippen molar-refractivity contribution >= 4 is 11.8 Å². The molecule has 28 heavy (non-hydrogen) atoms. The van der Waals surface area contributed by atoms with Gasteiger partial charge in [-0.05, 0) is 86.2 Å². The SMILES string of the molecule is C=C(CCC(=O)O)[C@]1(O)CC[C@H]2[C@@H]3CCC4=CC(=O)CC[C@@H]4[C@H]3[C@@H](C)C[C@@]21C. The van der Waals surface area contributed by atoms with Crippen LogP contribution in [0.15, 0.2) is 23.8 Å². The fraction of sp³-hybridized carbons (Fsp3) is 0.750. The normalized spacial score (nSPS) is 44.9. The Morgan fingerprint density at radius 1 is 1.25 bits per heavy atom. The third-order valence-electron chi connectivity index (χ3n) is 8.98. The Hall–Kier alpha value is -1.42. The van der Waals surface area contributed by atoms with Gasteiger partial charge in [-0.15, -0.1) is 0 Å². The third kappa shape index (κ3) is 2.82. The average Bonchev–Trinajstić information content (AvgIpc) is 2.91. The maximum atomic E-state index is 11.9. The van der Waals surface area contributed by atoms with E-state index in [-0.39, 0.29) is 11.8 Å². The van der Waals surface area contributed by atoms with Gasteiger partial charge >= 0.3 is 5.97 Å². The molecule has 4 aliphatic carbocycles. The number of carbonyl (C=O) groups is 2. The maximum absolute atomic E-state index is 11.9. The fourth-order valence-electron chi connectivity index (χ4n) is 7.81. The summed E-state index contributed by atoms with van der Waals surface area (Å²) in [6.45, 7) is 8.73. The van der Waals surface area contributed by atoms with Gasteiger partial charge in [0.15, 0.2) is 5.78 Å². The lowest BCUT2D eigenvalue weighted by atomic mass is 9.47. The molecule has 4 heteroatoms. The van der Waals surface area contributed by atoms with Crippen LogP contribution < -0.4 is 0 Å². The number of aliphatic hydroxyl groups is 1. The number of ketones is 1. The molecule has 4 nitrogen and oxygen atoms in total. The summed E-state index contributed by atoms with van der Waals surface area (Å²) in [6, 6.07) is 0. The highest BCUT2D eigenvalue weighted by atomic mass is 16.4. The van der Waals surface area contributed by atoms with Crippen LogP contribution in [0, 0.1) is 35.0 Å². The molecule has 0 unspecified atom stereocenters. The van der Waals surface area contributed by atoms with Gasteiger partial charge in [0.05, 0.1) is 5.60 Å². The van der Waals surface area contributed by atoms with Crippen LogP contribution in [0.3, 0.4) is 0 Å². The molecule has 3 fully saturated rings. The second-order valence-electron chi connectivity index (χ2n) is 10.2. The molecule has 4 rings (SSSR count). The topological polar surface area (TPSA) is 74.6 Å².